The Labute approximate surface area is 86.6 Å². The minimum absolute atomic E-state index is 0.702. The van der Waals surface area contributed by atoms with Gasteiger partial charge in [-0.25, -0.2) is 0 Å². The fraction of sp³-hybridized carbons (Fsp3) is 0.909. The van der Waals surface area contributed by atoms with E-state index in [1.807, 2.05) is 0 Å². The molecular formula is C11H21N3. The van der Waals surface area contributed by atoms with Gasteiger partial charge in [0.25, 0.3) is 0 Å². The van der Waals surface area contributed by atoms with E-state index in [9.17, 15) is 0 Å². The van der Waals surface area contributed by atoms with E-state index in [1.54, 1.807) is 0 Å². The molecule has 0 aromatic carbocycles. The summed E-state index contributed by atoms with van der Waals surface area (Å²) in [5, 5.41) is 3.35. The molecule has 2 aliphatic rings. The van der Waals surface area contributed by atoms with Gasteiger partial charge in [0, 0.05) is 19.6 Å². The Kier molecular flexibility index (Phi) is 2.94. The van der Waals surface area contributed by atoms with Gasteiger partial charge in [-0.3, -0.25) is 4.99 Å². The van der Waals surface area contributed by atoms with Gasteiger partial charge in [0.2, 0.25) is 0 Å². The molecular weight excluding hydrogens is 174 g/mol. The van der Waals surface area contributed by atoms with Crippen LogP contribution in [0.5, 0.6) is 0 Å². The lowest BCUT2D eigenvalue weighted by atomic mass is 9.85. The van der Waals surface area contributed by atoms with Crippen LogP contribution in [0, 0.1) is 5.92 Å². The number of rotatable bonds is 1. The highest BCUT2D eigenvalue weighted by molar-refractivity contribution is 5.81. The van der Waals surface area contributed by atoms with Crippen molar-refractivity contribution < 1.29 is 0 Å². The van der Waals surface area contributed by atoms with Crippen molar-refractivity contribution >= 4 is 5.96 Å². The Bertz CT molecular complexity index is 225. The molecule has 1 aliphatic carbocycles. The third-order valence-electron chi connectivity index (χ3n) is 3.55. The zero-order chi connectivity index (χ0) is 9.97. The second-order valence-electron chi connectivity index (χ2n) is 4.57. The first-order valence-electron chi connectivity index (χ1n) is 5.80. The summed E-state index contributed by atoms with van der Waals surface area (Å²) in [6, 6.07) is 0.702. The van der Waals surface area contributed by atoms with E-state index in [0.717, 1.165) is 25.0 Å². The SMILES string of the molecule is CC1CCCCC1N(C)C1=NCCN1. The number of hydrogen-bond acceptors (Lipinski definition) is 3. The summed E-state index contributed by atoms with van der Waals surface area (Å²) in [6.45, 7) is 4.33. The number of nitrogens with zero attached hydrogens (tertiary/aromatic N) is 2. The molecule has 0 radical (unpaired) electrons. The van der Waals surface area contributed by atoms with Crippen LogP contribution in [-0.2, 0) is 0 Å². The van der Waals surface area contributed by atoms with Crippen LogP contribution < -0.4 is 5.32 Å². The maximum Gasteiger partial charge on any atom is 0.194 e. The third-order valence-corrected chi connectivity index (χ3v) is 3.55. The zero-order valence-corrected chi connectivity index (χ0v) is 9.29. The minimum Gasteiger partial charge on any atom is -0.354 e. The Morgan fingerprint density at radius 3 is 2.79 bits per heavy atom. The summed E-state index contributed by atoms with van der Waals surface area (Å²) >= 11 is 0. The standard InChI is InChI=1S/C11H21N3/c1-9-5-3-4-6-10(9)14(2)11-12-7-8-13-11/h9-10H,3-8H2,1-2H3,(H,12,13). The third kappa shape index (κ3) is 1.86. The van der Waals surface area contributed by atoms with E-state index in [1.165, 1.54) is 25.7 Å². The van der Waals surface area contributed by atoms with Gasteiger partial charge in [0.15, 0.2) is 5.96 Å². The molecule has 1 heterocycles. The molecule has 80 valence electrons. The molecule has 3 heteroatoms. The van der Waals surface area contributed by atoms with Crippen LogP contribution in [-0.4, -0.2) is 37.0 Å². The molecule has 0 aromatic heterocycles. The Hall–Kier alpha value is -0.730. The van der Waals surface area contributed by atoms with Crippen LogP contribution in [0.4, 0.5) is 0 Å². The fourth-order valence-electron chi connectivity index (χ4n) is 2.65. The lowest BCUT2D eigenvalue weighted by Gasteiger charge is -2.37. The normalized spacial score (nSPS) is 32.3. The van der Waals surface area contributed by atoms with Crippen molar-refractivity contribution in [2.24, 2.45) is 10.9 Å². The van der Waals surface area contributed by atoms with E-state index < -0.39 is 0 Å². The van der Waals surface area contributed by atoms with Gasteiger partial charge >= 0.3 is 0 Å². The van der Waals surface area contributed by atoms with Crippen molar-refractivity contribution in [3.8, 4) is 0 Å². The monoisotopic (exact) mass is 195 g/mol. The largest absolute Gasteiger partial charge is 0.354 e. The number of hydrogen-bond donors (Lipinski definition) is 1. The summed E-state index contributed by atoms with van der Waals surface area (Å²) in [4.78, 5) is 6.83. The van der Waals surface area contributed by atoms with Crippen LogP contribution in [0.3, 0.4) is 0 Å². The molecule has 2 atom stereocenters. The van der Waals surface area contributed by atoms with Gasteiger partial charge < -0.3 is 10.2 Å². The smallest absolute Gasteiger partial charge is 0.194 e. The highest BCUT2D eigenvalue weighted by Crippen LogP contribution is 2.27. The van der Waals surface area contributed by atoms with Crippen molar-refractivity contribution in [2.45, 2.75) is 38.6 Å². The van der Waals surface area contributed by atoms with Crippen molar-refractivity contribution in [1.29, 1.82) is 0 Å². The summed E-state index contributed by atoms with van der Waals surface area (Å²) in [5.41, 5.74) is 0. The van der Waals surface area contributed by atoms with Crippen molar-refractivity contribution in [3.05, 3.63) is 0 Å². The molecule has 1 fully saturated rings. The van der Waals surface area contributed by atoms with Gasteiger partial charge in [0.05, 0.1) is 6.54 Å². The quantitative estimate of drug-likeness (QED) is 0.686. The number of aliphatic imine (C=N–C) groups is 1. The second-order valence-corrected chi connectivity index (χ2v) is 4.57. The predicted octanol–water partition coefficient (Wildman–Crippen LogP) is 1.46. The van der Waals surface area contributed by atoms with E-state index in [0.29, 0.717) is 6.04 Å². The number of guanidine groups is 1. The molecule has 2 rings (SSSR count). The Morgan fingerprint density at radius 1 is 1.36 bits per heavy atom. The van der Waals surface area contributed by atoms with Crippen molar-refractivity contribution in [2.75, 3.05) is 20.1 Å². The molecule has 2 unspecified atom stereocenters. The molecule has 3 nitrogen and oxygen atoms in total. The van der Waals surface area contributed by atoms with Gasteiger partial charge in [-0.05, 0) is 18.8 Å². The topological polar surface area (TPSA) is 27.6 Å². The molecule has 0 saturated heterocycles. The lowest BCUT2D eigenvalue weighted by Crippen LogP contribution is -2.46. The summed E-state index contributed by atoms with van der Waals surface area (Å²) in [5.74, 6) is 1.93. The van der Waals surface area contributed by atoms with Crippen LogP contribution in [0.25, 0.3) is 0 Å². The first-order valence-corrected chi connectivity index (χ1v) is 5.80. The van der Waals surface area contributed by atoms with Gasteiger partial charge in [-0.2, -0.15) is 0 Å². The lowest BCUT2D eigenvalue weighted by molar-refractivity contribution is 0.202. The first kappa shape index (κ1) is 9.81. The van der Waals surface area contributed by atoms with E-state index in [2.05, 4.69) is 29.2 Å². The predicted molar refractivity (Wildman–Crippen MR) is 59.5 cm³/mol. The average Bonchev–Trinajstić information content (AvgIpc) is 2.70. The Morgan fingerprint density at radius 2 is 2.14 bits per heavy atom. The molecule has 0 aromatic rings. The molecule has 1 N–H and O–H groups in total. The fourth-order valence-corrected chi connectivity index (χ4v) is 2.65. The first-order chi connectivity index (χ1) is 6.79. The molecule has 0 bridgehead atoms. The molecule has 14 heavy (non-hydrogen) atoms. The van der Waals surface area contributed by atoms with Crippen molar-refractivity contribution in [1.82, 2.24) is 10.2 Å². The maximum atomic E-state index is 4.48. The molecule has 1 saturated carbocycles. The van der Waals surface area contributed by atoms with E-state index >= 15 is 0 Å². The van der Waals surface area contributed by atoms with Crippen molar-refractivity contribution in [3.63, 3.8) is 0 Å². The minimum atomic E-state index is 0.702. The van der Waals surface area contributed by atoms with Crippen LogP contribution in [0.1, 0.15) is 32.6 Å². The summed E-state index contributed by atoms with van der Waals surface area (Å²) in [7, 11) is 2.18. The zero-order valence-electron chi connectivity index (χ0n) is 9.29. The van der Waals surface area contributed by atoms with E-state index in [4.69, 9.17) is 0 Å². The number of nitrogens with one attached hydrogen (secondary N) is 1. The maximum absolute atomic E-state index is 4.48. The second kappa shape index (κ2) is 4.20. The van der Waals surface area contributed by atoms with Crippen LogP contribution in [0.2, 0.25) is 0 Å². The highest BCUT2D eigenvalue weighted by Gasteiger charge is 2.27. The van der Waals surface area contributed by atoms with E-state index in [-0.39, 0.29) is 0 Å². The summed E-state index contributed by atoms with van der Waals surface area (Å²) in [6.07, 6.45) is 5.50. The van der Waals surface area contributed by atoms with Gasteiger partial charge in [-0.15, -0.1) is 0 Å². The van der Waals surface area contributed by atoms with Crippen LogP contribution in [0.15, 0.2) is 4.99 Å². The van der Waals surface area contributed by atoms with Gasteiger partial charge in [-0.1, -0.05) is 19.8 Å². The average molecular weight is 195 g/mol. The van der Waals surface area contributed by atoms with Gasteiger partial charge in [0.1, 0.15) is 0 Å². The molecule has 0 amide bonds. The Balaban J connectivity index is 1.98. The molecule has 1 aliphatic heterocycles. The highest BCUT2D eigenvalue weighted by atomic mass is 15.3. The summed E-state index contributed by atoms with van der Waals surface area (Å²) < 4.78 is 0. The van der Waals surface area contributed by atoms with Crippen LogP contribution >= 0.6 is 0 Å². The molecule has 0 spiro atoms.